The Kier molecular flexibility index (Phi) is 19.0. The average Bonchev–Trinajstić information content (AvgIpc) is 3.47. The minimum Gasteiger partial charge on any atom is -0.381 e. The van der Waals surface area contributed by atoms with Crippen molar-refractivity contribution in [2.75, 3.05) is 31.9 Å². The van der Waals surface area contributed by atoms with Gasteiger partial charge in [-0.25, -0.2) is 4.98 Å². The molecule has 0 amide bonds. The zero-order valence-electron chi connectivity index (χ0n) is 28.7. The number of unbranched alkanes of at least 4 members (excludes halogenated alkanes) is 13. The Morgan fingerprint density at radius 2 is 1.47 bits per heavy atom. The fourth-order valence-electron chi connectivity index (χ4n) is 5.38. The number of aromatic nitrogens is 4. The van der Waals surface area contributed by atoms with Gasteiger partial charge in [0.15, 0.2) is 11.2 Å². The number of aromatic amines is 1. The third kappa shape index (κ3) is 15.9. The summed E-state index contributed by atoms with van der Waals surface area (Å²) in [5, 5.41) is 0. The van der Waals surface area contributed by atoms with E-state index in [4.69, 9.17) is 24.3 Å². The highest BCUT2D eigenvalue weighted by Gasteiger charge is 2.27. The first-order valence-corrected chi connectivity index (χ1v) is 19.4. The van der Waals surface area contributed by atoms with Gasteiger partial charge in [0.25, 0.3) is 5.56 Å². The number of fused-ring (bicyclic) bond motifs is 1. The fraction of sp³-hybridized carbons (Fsp3) is 0.686. The predicted molar refractivity (Wildman–Crippen MR) is 189 cm³/mol. The van der Waals surface area contributed by atoms with Crippen LogP contribution in [0.15, 0.2) is 41.5 Å². The Morgan fingerprint density at radius 1 is 0.851 bits per heavy atom. The molecule has 47 heavy (non-hydrogen) atoms. The van der Waals surface area contributed by atoms with E-state index in [1.807, 2.05) is 37.3 Å². The molecule has 11 nitrogen and oxygen atoms in total. The van der Waals surface area contributed by atoms with Crippen molar-refractivity contribution in [1.29, 1.82) is 0 Å². The number of hydrogen-bond acceptors (Lipinski definition) is 9. The second-order valence-electron chi connectivity index (χ2n) is 12.4. The largest absolute Gasteiger partial charge is 0.381 e. The molecule has 0 saturated heterocycles. The maximum atomic E-state index is 13.7. The van der Waals surface area contributed by atoms with E-state index in [-0.39, 0.29) is 31.0 Å². The molecule has 2 aromatic heterocycles. The number of benzene rings is 1. The molecule has 2 unspecified atom stereocenters. The molecule has 3 aromatic rings. The number of H-pyrrole nitrogens is 1. The average molecular weight is 676 g/mol. The summed E-state index contributed by atoms with van der Waals surface area (Å²) in [5.41, 5.74) is 6.74. The molecule has 0 spiro atoms. The Balaban J connectivity index is 1.29. The Morgan fingerprint density at radius 3 is 2.13 bits per heavy atom. The number of nitrogens with two attached hydrogens (primary N) is 1. The van der Waals surface area contributed by atoms with Crippen molar-refractivity contribution in [1.82, 2.24) is 19.5 Å². The molecule has 12 heteroatoms. The van der Waals surface area contributed by atoms with Crippen molar-refractivity contribution < 1.29 is 23.1 Å². The first-order valence-electron chi connectivity index (χ1n) is 17.7. The molecule has 3 rings (SSSR count). The van der Waals surface area contributed by atoms with Crippen LogP contribution in [0.25, 0.3) is 11.2 Å². The van der Waals surface area contributed by atoms with Crippen LogP contribution in [-0.2, 0) is 36.2 Å². The SMILES string of the molecule is CCCCCCCCCCCCCCCCOCCCOP(=O)(COC(C)Cn1cnc2c(=O)[nH]c(N)nc21)OCc1ccccc1. The van der Waals surface area contributed by atoms with Gasteiger partial charge in [-0.15, -0.1) is 0 Å². The smallest absolute Gasteiger partial charge is 0.356 e. The van der Waals surface area contributed by atoms with E-state index >= 15 is 0 Å². The number of anilines is 1. The van der Waals surface area contributed by atoms with Crippen LogP contribution in [0.5, 0.6) is 0 Å². The van der Waals surface area contributed by atoms with Gasteiger partial charge in [-0.2, -0.15) is 4.98 Å². The third-order valence-corrected chi connectivity index (χ3v) is 9.66. The summed E-state index contributed by atoms with van der Waals surface area (Å²) in [7, 11) is -3.58. The molecule has 1 aromatic carbocycles. The van der Waals surface area contributed by atoms with Crippen LogP contribution in [0, 0.1) is 0 Å². The second kappa shape index (κ2) is 22.9. The molecule has 0 aliphatic carbocycles. The lowest BCUT2D eigenvalue weighted by Gasteiger charge is -2.21. The number of nitrogens with zero attached hydrogens (tertiary/aromatic N) is 3. The molecule has 2 heterocycles. The highest BCUT2D eigenvalue weighted by atomic mass is 31.2. The summed E-state index contributed by atoms with van der Waals surface area (Å²) >= 11 is 0. The van der Waals surface area contributed by atoms with Crippen LogP contribution in [0.2, 0.25) is 0 Å². The minimum atomic E-state index is -3.58. The van der Waals surface area contributed by atoms with Gasteiger partial charge in [0.2, 0.25) is 5.95 Å². The second-order valence-corrected chi connectivity index (χ2v) is 14.4. The molecule has 0 aliphatic rings. The van der Waals surface area contributed by atoms with Gasteiger partial charge in [-0.1, -0.05) is 121 Å². The van der Waals surface area contributed by atoms with Crippen molar-refractivity contribution in [3.63, 3.8) is 0 Å². The van der Waals surface area contributed by atoms with Crippen molar-refractivity contribution in [2.24, 2.45) is 0 Å². The summed E-state index contributed by atoms with van der Waals surface area (Å²) in [5.74, 6) is 0.00796. The zero-order chi connectivity index (χ0) is 33.6. The Bertz CT molecular complexity index is 1350. The normalized spacial score (nSPS) is 13.7. The van der Waals surface area contributed by atoms with E-state index in [0.717, 1.165) is 18.6 Å². The first-order chi connectivity index (χ1) is 22.9. The molecule has 264 valence electrons. The van der Waals surface area contributed by atoms with Crippen LogP contribution in [0.4, 0.5) is 5.95 Å². The lowest BCUT2D eigenvalue weighted by atomic mass is 10.0. The molecule has 0 aliphatic heterocycles. The molecular weight excluding hydrogens is 617 g/mol. The van der Waals surface area contributed by atoms with Gasteiger partial charge >= 0.3 is 7.60 Å². The maximum Gasteiger partial charge on any atom is 0.356 e. The van der Waals surface area contributed by atoms with E-state index in [1.165, 1.54) is 89.8 Å². The first kappa shape index (κ1) is 38.9. The van der Waals surface area contributed by atoms with Gasteiger partial charge in [-0.05, 0) is 25.3 Å². The molecule has 0 radical (unpaired) electrons. The maximum absolute atomic E-state index is 13.7. The van der Waals surface area contributed by atoms with Crippen molar-refractivity contribution in [2.45, 2.75) is 129 Å². The highest BCUT2D eigenvalue weighted by molar-refractivity contribution is 7.53. The standard InChI is InChI=1S/C35H58N5O6P/c1-3-4-5-6-7-8-9-10-11-12-13-14-15-19-23-43-24-20-25-45-47(42,46-27-31-21-17-16-18-22-31)29-44-30(2)26-40-28-37-32-33(40)38-35(36)39-34(32)41/h16-18,21-22,28,30H,3-15,19-20,23-27,29H2,1-2H3,(H3,36,38,39,41). The highest BCUT2D eigenvalue weighted by Crippen LogP contribution is 2.49. The summed E-state index contributed by atoms with van der Waals surface area (Å²) in [6.07, 6.45) is 20.2. The quantitative estimate of drug-likeness (QED) is 0.0573. The van der Waals surface area contributed by atoms with E-state index in [2.05, 4.69) is 21.9 Å². The number of nitrogen functional groups attached to an aromatic ring is 1. The van der Waals surface area contributed by atoms with Crippen LogP contribution in [-0.4, -0.2) is 51.8 Å². The number of hydrogen-bond donors (Lipinski definition) is 2. The zero-order valence-corrected chi connectivity index (χ0v) is 29.6. The number of ether oxygens (including phenoxy) is 2. The summed E-state index contributed by atoms with van der Waals surface area (Å²) in [4.78, 5) is 22.8. The fourth-order valence-corrected chi connectivity index (χ4v) is 6.79. The lowest BCUT2D eigenvalue weighted by molar-refractivity contribution is 0.0613. The monoisotopic (exact) mass is 675 g/mol. The third-order valence-electron chi connectivity index (χ3n) is 8.10. The Labute approximate surface area is 280 Å². The van der Waals surface area contributed by atoms with Crippen LogP contribution < -0.4 is 11.3 Å². The van der Waals surface area contributed by atoms with Crippen LogP contribution in [0.1, 0.15) is 116 Å². The molecule has 0 fully saturated rings. The molecular formula is C35H58N5O6P. The van der Waals surface area contributed by atoms with Crippen LogP contribution in [0.3, 0.4) is 0 Å². The minimum absolute atomic E-state index is 0.00796. The van der Waals surface area contributed by atoms with Crippen molar-refractivity contribution >= 4 is 24.7 Å². The summed E-state index contributed by atoms with van der Waals surface area (Å²) < 4.78 is 38.7. The van der Waals surface area contributed by atoms with E-state index < -0.39 is 19.3 Å². The lowest BCUT2D eigenvalue weighted by Crippen LogP contribution is -2.19. The van der Waals surface area contributed by atoms with Gasteiger partial charge < -0.3 is 28.8 Å². The van der Waals surface area contributed by atoms with Gasteiger partial charge in [0.1, 0.15) is 6.35 Å². The van der Waals surface area contributed by atoms with E-state index in [9.17, 15) is 9.36 Å². The van der Waals surface area contributed by atoms with E-state index in [1.54, 1.807) is 4.57 Å². The number of nitrogens with one attached hydrogen (secondary N) is 1. The predicted octanol–water partition coefficient (Wildman–Crippen LogP) is 8.38. The van der Waals surface area contributed by atoms with Crippen LogP contribution >= 0.6 is 7.60 Å². The summed E-state index contributed by atoms with van der Waals surface area (Å²) in [6.45, 7) is 6.07. The van der Waals surface area contributed by atoms with E-state index in [0.29, 0.717) is 25.2 Å². The Hall–Kier alpha value is -2.56. The van der Waals surface area contributed by atoms with Gasteiger partial charge in [0.05, 0.1) is 32.2 Å². The van der Waals surface area contributed by atoms with Gasteiger partial charge in [-0.3, -0.25) is 14.3 Å². The molecule has 0 bridgehead atoms. The number of imidazole rings is 1. The van der Waals surface area contributed by atoms with Crippen molar-refractivity contribution in [3.05, 3.63) is 52.6 Å². The number of rotatable bonds is 28. The van der Waals surface area contributed by atoms with Crippen molar-refractivity contribution in [3.8, 4) is 0 Å². The molecule has 3 N–H and O–H groups in total. The summed E-state index contributed by atoms with van der Waals surface area (Å²) in [6, 6.07) is 9.53. The molecule has 0 saturated carbocycles. The molecule has 2 atom stereocenters. The topological polar surface area (TPSA) is 144 Å². The van der Waals surface area contributed by atoms with Gasteiger partial charge in [0, 0.05) is 13.2 Å².